The highest BCUT2D eigenvalue weighted by Crippen LogP contribution is 2.22. The Kier molecular flexibility index (Phi) is 7.93. The van der Waals surface area contributed by atoms with E-state index in [1.165, 1.54) is 5.56 Å². The van der Waals surface area contributed by atoms with Crippen LogP contribution >= 0.6 is 0 Å². The Hall–Kier alpha value is -2.56. The van der Waals surface area contributed by atoms with Crippen molar-refractivity contribution >= 4 is 6.09 Å². The van der Waals surface area contributed by atoms with Crippen molar-refractivity contribution in [3.05, 3.63) is 53.2 Å². The molecular weight excluding hydrogens is 328 g/mol. The van der Waals surface area contributed by atoms with E-state index in [0.717, 1.165) is 49.2 Å². The Morgan fingerprint density at radius 2 is 1.88 bits per heavy atom. The lowest BCUT2D eigenvalue weighted by molar-refractivity contribution is 0.200. The van der Waals surface area contributed by atoms with Gasteiger partial charge in [-0.2, -0.15) is 0 Å². The predicted molar refractivity (Wildman–Crippen MR) is 103 cm³/mol. The van der Waals surface area contributed by atoms with Crippen molar-refractivity contribution in [1.29, 1.82) is 0 Å². The molecule has 140 valence electrons. The molecule has 1 N–H and O–H groups in total. The molecule has 2 aromatic rings. The van der Waals surface area contributed by atoms with E-state index in [4.69, 9.17) is 9.47 Å². The predicted octanol–water partition coefficient (Wildman–Crippen LogP) is 4.46. The summed E-state index contributed by atoms with van der Waals surface area (Å²) in [7, 11) is 1.67. The summed E-state index contributed by atoms with van der Waals surface area (Å²) in [5.74, 6) is 1.28. The number of nitrogens with one attached hydrogen (secondary N) is 1. The van der Waals surface area contributed by atoms with E-state index in [0.29, 0.717) is 12.3 Å². The van der Waals surface area contributed by atoms with Crippen molar-refractivity contribution in [2.24, 2.45) is 0 Å². The minimum atomic E-state index is -0.409. The number of unbranched alkanes of at least 4 members (excludes halogenated alkanes) is 2. The second kappa shape index (κ2) is 10.4. The van der Waals surface area contributed by atoms with Crippen LogP contribution < -0.4 is 14.8 Å². The van der Waals surface area contributed by atoms with Crippen molar-refractivity contribution in [3.63, 3.8) is 0 Å². The number of rotatable bonds is 9. The van der Waals surface area contributed by atoms with E-state index in [2.05, 4.69) is 23.3 Å². The number of ether oxygens (including phenoxy) is 2. The summed E-state index contributed by atoms with van der Waals surface area (Å²) in [5, 5.41) is 2.78. The summed E-state index contributed by atoms with van der Waals surface area (Å²) in [6.07, 6.45) is 4.45. The minimum Gasteiger partial charge on any atom is -0.481 e. The third kappa shape index (κ3) is 6.06. The largest absolute Gasteiger partial charge is 0.481 e. The normalized spacial score (nSPS) is 10.4. The molecule has 0 aliphatic rings. The number of carbonyl (C=O) groups is 1. The minimum absolute atomic E-state index is 0.409. The van der Waals surface area contributed by atoms with Gasteiger partial charge >= 0.3 is 6.09 Å². The molecule has 0 bridgehead atoms. The highest BCUT2D eigenvalue weighted by atomic mass is 16.6. The lowest BCUT2D eigenvalue weighted by Gasteiger charge is -2.12. The lowest BCUT2D eigenvalue weighted by atomic mass is 10.0. The van der Waals surface area contributed by atoms with Crippen LogP contribution in [0.25, 0.3) is 0 Å². The fraction of sp³-hybridized carbons (Fsp3) is 0.429. The molecule has 2 rings (SSSR count). The molecule has 5 heteroatoms. The van der Waals surface area contributed by atoms with E-state index >= 15 is 0 Å². The van der Waals surface area contributed by atoms with Crippen LogP contribution in [-0.2, 0) is 12.8 Å². The first-order valence-corrected chi connectivity index (χ1v) is 9.18. The van der Waals surface area contributed by atoms with Gasteiger partial charge in [-0.15, -0.1) is 0 Å². The first kappa shape index (κ1) is 19.8. The van der Waals surface area contributed by atoms with E-state index in [9.17, 15) is 4.79 Å². The van der Waals surface area contributed by atoms with Crippen LogP contribution in [0, 0.1) is 6.92 Å². The third-order valence-electron chi connectivity index (χ3n) is 4.28. The summed E-state index contributed by atoms with van der Waals surface area (Å²) in [6.45, 7) is 4.76. The monoisotopic (exact) mass is 356 g/mol. The van der Waals surface area contributed by atoms with Crippen molar-refractivity contribution < 1.29 is 14.3 Å². The highest BCUT2D eigenvalue weighted by Gasteiger charge is 2.09. The lowest BCUT2D eigenvalue weighted by Crippen LogP contribution is -2.27. The number of hydrogen-bond acceptors (Lipinski definition) is 4. The Morgan fingerprint density at radius 3 is 2.58 bits per heavy atom. The highest BCUT2D eigenvalue weighted by molar-refractivity contribution is 5.70. The number of para-hydroxylation sites is 1. The molecule has 0 fully saturated rings. The molecular formula is C21H28N2O3. The first-order valence-electron chi connectivity index (χ1n) is 9.18. The third-order valence-corrected chi connectivity index (χ3v) is 4.28. The number of aryl methyl sites for hydroxylation is 3. The number of methoxy groups -OCH3 is 1. The molecule has 0 aliphatic carbocycles. The average Bonchev–Trinajstić information content (AvgIpc) is 2.65. The van der Waals surface area contributed by atoms with Crippen LogP contribution in [0.1, 0.15) is 43.0 Å². The molecule has 0 radical (unpaired) electrons. The Bertz CT molecular complexity index is 702. The van der Waals surface area contributed by atoms with Crippen LogP contribution in [0.15, 0.2) is 36.4 Å². The van der Waals surface area contributed by atoms with E-state index in [1.54, 1.807) is 19.2 Å². The van der Waals surface area contributed by atoms with Gasteiger partial charge in [-0.05, 0) is 56.4 Å². The first-order chi connectivity index (χ1) is 12.6. The molecule has 1 heterocycles. The molecule has 0 saturated heterocycles. The van der Waals surface area contributed by atoms with Gasteiger partial charge in [0.2, 0.25) is 5.88 Å². The molecule has 1 aromatic carbocycles. The maximum atomic E-state index is 11.7. The summed E-state index contributed by atoms with van der Waals surface area (Å²) >= 11 is 0. The standard InChI is InChI=1S/C21H28N2O3/c1-4-17-15-18(20(25-3)23-16(17)2)11-7-6-10-14-22-21(24)26-19-12-8-5-9-13-19/h5,8-9,12-13,15H,4,6-7,10-11,14H2,1-3H3,(H,22,24). The number of aromatic nitrogens is 1. The van der Waals surface area contributed by atoms with Gasteiger partial charge in [0, 0.05) is 17.8 Å². The number of pyridine rings is 1. The van der Waals surface area contributed by atoms with Gasteiger partial charge in [0.1, 0.15) is 5.75 Å². The van der Waals surface area contributed by atoms with Crippen LogP contribution in [-0.4, -0.2) is 24.7 Å². The molecule has 0 unspecified atom stereocenters. The number of nitrogens with zero attached hydrogens (tertiary/aromatic N) is 1. The van der Waals surface area contributed by atoms with Crippen molar-refractivity contribution in [1.82, 2.24) is 10.3 Å². The molecule has 0 spiro atoms. The molecule has 0 saturated carbocycles. The van der Waals surface area contributed by atoms with Crippen LogP contribution in [0.5, 0.6) is 11.6 Å². The smallest absolute Gasteiger partial charge is 0.412 e. The van der Waals surface area contributed by atoms with Gasteiger partial charge < -0.3 is 14.8 Å². The van der Waals surface area contributed by atoms with Gasteiger partial charge in [-0.3, -0.25) is 0 Å². The maximum Gasteiger partial charge on any atom is 0.412 e. The maximum absolute atomic E-state index is 11.7. The Balaban J connectivity index is 1.68. The fourth-order valence-corrected chi connectivity index (χ4v) is 2.83. The number of amides is 1. The van der Waals surface area contributed by atoms with Crippen LogP contribution in [0.2, 0.25) is 0 Å². The molecule has 0 aliphatic heterocycles. The molecule has 1 aromatic heterocycles. The summed E-state index contributed by atoms with van der Waals surface area (Å²) in [6, 6.07) is 11.3. The van der Waals surface area contributed by atoms with Gasteiger partial charge in [0.05, 0.1) is 7.11 Å². The summed E-state index contributed by atoms with van der Waals surface area (Å²) < 4.78 is 10.6. The summed E-state index contributed by atoms with van der Waals surface area (Å²) in [4.78, 5) is 16.2. The molecule has 26 heavy (non-hydrogen) atoms. The molecule has 0 atom stereocenters. The van der Waals surface area contributed by atoms with Crippen molar-refractivity contribution in [2.45, 2.75) is 46.0 Å². The van der Waals surface area contributed by atoms with Crippen LogP contribution in [0.4, 0.5) is 4.79 Å². The van der Waals surface area contributed by atoms with E-state index in [-0.39, 0.29) is 0 Å². The second-order valence-corrected chi connectivity index (χ2v) is 6.19. The zero-order chi connectivity index (χ0) is 18.8. The van der Waals surface area contributed by atoms with E-state index < -0.39 is 6.09 Å². The molecule has 1 amide bonds. The SMILES string of the molecule is CCc1cc(CCCCCNC(=O)Oc2ccccc2)c(OC)nc1C. The zero-order valence-electron chi connectivity index (χ0n) is 15.9. The number of carbonyl (C=O) groups excluding carboxylic acids is 1. The number of hydrogen-bond donors (Lipinski definition) is 1. The number of benzene rings is 1. The van der Waals surface area contributed by atoms with Gasteiger partial charge in [-0.1, -0.05) is 31.5 Å². The quantitative estimate of drug-likeness (QED) is 0.674. The summed E-state index contributed by atoms with van der Waals surface area (Å²) in [5.41, 5.74) is 3.46. The van der Waals surface area contributed by atoms with Crippen molar-refractivity contribution in [2.75, 3.05) is 13.7 Å². The Labute approximate surface area is 155 Å². The fourth-order valence-electron chi connectivity index (χ4n) is 2.83. The second-order valence-electron chi connectivity index (χ2n) is 6.19. The van der Waals surface area contributed by atoms with Gasteiger partial charge in [0.15, 0.2) is 0 Å². The zero-order valence-corrected chi connectivity index (χ0v) is 15.9. The molecule has 5 nitrogen and oxygen atoms in total. The van der Waals surface area contributed by atoms with Gasteiger partial charge in [0.25, 0.3) is 0 Å². The topological polar surface area (TPSA) is 60.5 Å². The average molecular weight is 356 g/mol. The Morgan fingerprint density at radius 1 is 1.12 bits per heavy atom. The van der Waals surface area contributed by atoms with Crippen molar-refractivity contribution in [3.8, 4) is 11.6 Å². The van der Waals surface area contributed by atoms with E-state index in [1.807, 2.05) is 25.1 Å². The van der Waals surface area contributed by atoms with Gasteiger partial charge in [-0.25, -0.2) is 9.78 Å². The van der Waals surface area contributed by atoms with Crippen LogP contribution in [0.3, 0.4) is 0 Å².